The SMILES string of the molecule is COc1ccc(OC)c(NC(=S)N2CC(=O)N3CCc4cc(C)ccc4[C@H]3C2)c1. The summed E-state index contributed by atoms with van der Waals surface area (Å²) in [6, 6.07) is 12.0. The third kappa shape index (κ3) is 3.74. The highest BCUT2D eigenvalue weighted by Gasteiger charge is 2.37. The molecule has 4 rings (SSSR count). The standard InChI is InChI=1S/C22H25N3O3S/c1-14-4-6-17-15(10-14)8-9-25-19(17)12-24(13-21(25)26)22(29)23-18-11-16(27-2)5-7-20(18)28-3/h4-7,10-11,19H,8-9,12-13H2,1-3H3,(H,23,29)/t19-/m1/s1. The fourth-order valence-corrected chi connectivity index (χ4v) is 4.37. The number of piperazine rings is 1. The Balaban J connectivity index is 1.57. The zero-order chi connectivity index (χ0) is 20.5. The number of nitrogens with one attached hydrogen (secondary N) is 1. The number of ether oxygens (including phenoxy) is 2. The van der Waals surface area contributed by atoms with Gasteiger partial charge in [0.2, 0.25) is 5.91 Å². The monoisotopic (exact) mass is 411 g/mol. The summed E-state index contributed by atoms with van der Waals surface area (Å²) in [6.45, 7) is 3.80. The summed E-state index contributed by atoms with van der Waals surface area (Å²) >= 11 is 5.66. The summed E-state index contributed by atoms with van der Waals surface area (Å²) in [4.78, 5) is 16.8. The molecule has 1 N–H and O–H groups in total. The van der Waals surface area contributed by atoms with Crippen molar-refractivity contribution >= 4 is 28.9 Å². The number of rotatable bonds is 3. The van der Waals surface area contributed by atoms with Crippen LogP contribution in [0.1, 0.15) is 22.7 Å². The largest absolute Gasteiger partial charge is 0.497 e. The van der Waals surface area contributed by atoms with E-state index in [1.807, 2.05) is 28.0 Å². The van der Waals surface area contributed by atoms with E-state index in [1.54, 1.807) is 14.2 Å². The Kier molecular flexibility index (Phi) is 5.32. The van der Waals surface area contributed by atoms with Crippen molar-refractivity contribution < 1.29 is 14.3 Å². The molecule has 152 valence electrons. The molecule has 2 aliphatic heterocycles. The molecule has 0 saturated carbocycles. The van der Waals surface area contributed by atoms with Crippen LogP contribution in [0.3, 0.4) is 0 Å². The quantitative estimate of drug-likeness (QED) is 0.783. The highest BCUT2D eigenvalue weighted by Crippen LogP contribution is 2.34. The number of nitrogens with zero attached hydrogens (tertiary/aromatic N) is 2. The van der Waals surface area contributed by atoms with Gasteiger partial charge in [0, 0.05) is 19.2 Å². The number of carbonyl (C=O) groups excluding carboxylic acids is 1. The Hall–Kier alpha value is -2.80. The lowest BCUT2D eigenvalue weighted by Crippen LogP contribution is -2.56. The van der Waals surface area contributed by atoms with E-state index in [4.69, 9.17) is 21.7 Å². The highest BCUT2D eigenvalue weighted by molar-refractivity contribution is 7.80. The molecule has 2 aromatic carbocycles. The van der Waals surface area contributed by atoms with E-state index in [0.29, 0.717) is 28.8 Å². The van der Waals surface area contributed by atoms with Gasteiger partial charge in [0.05, 0.1) is 32.5 Å². The molecule has 1 saturated heterocycles. The van der Waals surface area contributed by atoms with Gasteiger partial charge in [0.15, 0.2) is 5.11 Å². The molecule has 29 heavy (non-hydrogen) atoms. The fourth-order valence-electron chi connectivity index (χ4n) is 4.12. The number of thiocarbonyl (C=S) groups is 1. The van der Waals surface area contributed by atoms with Crippen molar-refractivity contribution in [2.45, 2.75) is 19.4 Å². The van der Waals surface area contributed by atoms with Gasteiger partial charge in [-0.05, 0) is 48.8 Å². The van der Waals surface area contributed by atoms with Crippen LogP contribution in [0.15, 0.2) is 36.4 Å². The van der Waals surface area contributed by atoms with Crippen molar-refractivity contribution in [3.63, 3.8) is 0 Å². The van der Waals surface area contributed by atoms with Gasteiger partial charge in [-0.2, -0.15) is 0 Å². The van der Waals surface area contributed by atoms with E-state index < -0.39 is 0 Å². The topological polar surface area (TPSA) is 54.0 Å². The summed E-state index contributed by atoms with van der Waals surface area (Å²) in [6.07, 6.45) is 0.906. The maximum absolute atomic E-state index is 12.8. The number of hydrogen-bond acceptors (Lipinski definition) is 4. The molecule has 1 atom stereocenters. The first kappa shape index (κ1) is 19.5. The van der Waals surface area contributed by atoms with Gasteiger partial charge in [0.25, 0.3) is 0 Å². The van der Waals surface area contributed by atoms with Crippen molar-refractivity contribution in [1.82, 2.24) is 9.80 Å². The van der Waals surface area contributed by atoms with Crippen molar-refractivity contribution in [3.8, 4) is 11.5 Å². The Bertz CT molecular complexity index is 962. The number of carbonyl (C=O) groups is 1. The number of amides is 1. The number of methoxy groups -OCH3 is 2. The lowest BCUT2D eigenvalue weighted by atomic mass is 9.89. The number of hydrogen-bond donors (Lipinski definition) is 1. The van der Waals surface area contributed by atoms with Gasteiger partial charge >= 0.3 is 0 Å². The zero-order valence-electron chi connectivity index (χ0n) is 16.9. The van der Waals surface area contributed by atoms with Crippen LogP contribution in [0.2, 0.25) is 0 Å². The Morgan fingerprint density at radius 3 is 2.76 bits per heavy atom. The van der Waals surface area contributed by atoms with Crippen LogP contribution in [0.25, 0.3) is 0 Å². The van der Waals surface area contributed by atoms with E-state index >= 15 is 0 Å². The highest BCUT2D eigenvalue weighted by atomic mass is 32.1. The summed E-state index contributed by atoms with van der Waals surface area (Å²) < 4.78 is 10.7. The number of anilines is 1. The molecule has 1 amide bonds. The molecule has 0 spiro atoms. The number of aryl methyl sites for hydroxylation is 1. The van der Waals surface area contributed by atoms with Crippen LogP contribution >= 0.6 is 12.2 Å². The number of benzene rings is 2. The molecule has 0 unspecified atom stereocenters. The first-order chi connectivity index (χ1) is 14.0. The first-order valence-corrected chi connectivity index (χ1v) is 10.1. The van der Waals surface area contributed by atoms with Crippen LogP contribution < -0.4 is 14.8 Å². The van der Waals surface area contributed by atoms with E-state index in [9.17, 15) is 4.79 Å². The maximum atomic E-state index is 12.8. The van der Waals surface area contributed by atoms with Crippen molar-refractivity contribution in [2.75, 3.05) is 39.2 Å². The average Bonchev–Trinajstić information content (AvgIpc) is 2.73. The Morgan fingerprint density at radius 2 is 2.00 bits per heavy atom. The molecular formula is C22H25N3O3S. The number of fused-ring (bicyclic) bond motifs is 3. The van der Waals surface area contributed by atoms with Crippen LogP contribution in [-0.4, -0.2) is 54.7 Å². The van der Waals surface area contributed by atoms with Gasteiger partial charge in [-0.1, -0.05) is 23.8 Å². The predicted octanol–water partition coefficient (Wildman–Crippen LogP) is 3.15. The molecule has 7 heteroatoms. The minimum atomic E-state index is 0.0209. The Morgan fingerprint density at radius 1 is 1.17 bits per heavy atom. The minimum Gasteiger partial charge on any atom is -0.497 e. The van der Waals surface area contributed by atoms with Gasteiger partial charge in [-0.15, -0.1) is 0 Å². The molecule has 2 heterocycles. The normalized spacial score (nSPS) is 18.0. The van der Waals surface area contributed by atoms with Crippen LogP contribution in [-0.2, 0) is 11.2 Å². The van der Waals surface area contributed by atoms with Crippen LogP contribution in [0.4, 0.5) is 5.69 Å². The van der Waals surface area contributed by atoms with Crippen LogP contribution in [0.5, 0.6) is 11.5 Å². The molecular weight excluding hydrogens is 386 g/mol. The molecule has 0 aromatic heterocycles. The summed E-state index contributed by atoms with van der Waals surface area (Å²) in [5.41, 5.74) is 4.51. The molecule has 2 aliphatic rings. The zero-order valence-corrected chi connectivity index (χ0v) is 17.7. The van der Waals surface area contributed by atoms with Gasteiger partial charge in [0.1, 0.15) is 11.5 Å². The summed E-state index contributed by atoms with van der Waals surface area (Å²) in [5.74, 6) is 1.47. The lowest BCUT2D eigenvalue weighted by Gasteiger charge is -2.45. The molecule has 0 bridgehead atoms. The van der Waals surface area contributed by atoms with Crippen molar-refractivity contribution in [1.29, 1.82) is 0 Å². The molecule has 2 aromatic rings. The molecule has 0 radical (unpaired) electrons. The Labute approximate surface area is 176 Å². The average molecular weight is 412 g/mol. The van der Waals surface area contributed by atoms with Crippen molar-refractivity contribution in [2.24, 2.45) is 0 Å². The van der Waals surface area contributed by atoms with Crippen LogP contribution in [0, 0.1) is 6.92 Å². The lowest BCUT2D eigenvalue weighted by molar-refractivity contribution is -0.138. The van der Waals surface area contributed by atoms with E-state index in [-0.39, 0.29) is 18.5 Å². The minimum absolute atomic E-state index is 0.0209. The molecule has 0 aliphatic carbocycles. The second-order valence-electron chi connectivity index (χ2n) is 7.43. The summed E-state index contributed by atoms with van der Waals surface area (Å²) in [5, 5.41) is 3.74. The van der Waals surface area contributed by atoms with Gasteiger partial charge in [-0.25, -0.2) is 0 Å². The molecule has 6 nitrogen and oxygen atoms in total. The molecule has 1 fully saturated rings. The fraction of sp³-hybridized carbons (Fsp3) is 0.364. The maximum Gasteiger partial charge on any atom is 0.242 e. The predicted molar refractivity (Wildman–Crippen MR) is 117 cm³/mol. The van der Waals surface area contributed by atoms with E-state index in [0.717, 1.165) is 13.0 Å². The smallest absolute Gasteiger partial charge is 0.242 e. The third-order valence-corrected chi connectivity index (χ3v) is 5.99. The van der Waals surface area contributed by atoms with E-state index in [1.165, 1.54) is 16.7 Å². The third-order valence-electron chi connectivity index (χ3n) is 5.63. The second-order valence-corrected chi connectivity index (χ2v) is 7.82. The second kappa shape index (κ2) is 7.91. The summed E-state index contributed by atoms with van der Waals surface area (Å²) in [7, 11) is 3.23. The van der Waals surface area contributed by atoms with Gasteiger partial charge < -0.3 is 24.6 Å². The van der Waals surface area contributed by atoms with E-state index in [2.05, 4.69) is 30.4 Å². The van der Waals surface area contributed by atoms with Crippen molar-refractivity contribution in [3.05, 3.63) is 53.1 Å². The first-order valence-electron chi connectivity index (χ1n) is 9.67. The van der Waals surface area contributed by atoms with Gasteiger partial charge in [-0.3, -0.25) is 4.79 Å².